The number of hydrogen-bond donors (Lipinski definition) is 1. The fourth-order valence-electron chi connectivity index (χ4n) is 2.38. The summed E-state index contributed by atoms with van der Waals surface area (Å²) in [6, 6.07) is 3.37. The molecule has 0 bridgehead atoms. The lowest BCUT2D eigenvalue weighted by atomic mass is 10.2. The first kappa shape index (κ1) is 12.8. The number of aromatic nitrogens is 4. The number of likely N-dealkylation sites (tertiary alicyclic amines) is 1. The lowest BCUT2D eigenvalue weighted by Gasteiger charge is -2.22. The second-order valence-electron chi connectivity index (χ2n) is 4.69. The summed E-state index contributed by atoms with van der Waals surface area (Å²) >= 11 is 0. The molecule has 0 radical (unpaired) electrons. The monoisotopic (exact) mass is 277 g/mol. The molecule has 1 N–H and O–H groups in total. The minimum atomic E-state index is -0.107. The molecule has 3 heterocycles. The molecular weight excluding hydrogens is 262 g/mol. The first-order valence-electron chi connectivity index (χ1n) is 6.50. The largest absolute Gasteiger partial charge is 0.461 e. The van der Waals surface area contributed by atoms with Crippen molar-refractivity contribution in [2.24, 2.45) is 0 Å². The van der Waals surface area contributed by atoms with Gasteiger partial charge in [0.15, 0.2) is 5.76 Å². The Labute approximate surface area is 115 Å². The van der Waals surface area contributed by atoms with Crippen molar-refractivity contribution < 1.29 is 14.3 Å². The van der Waals surface area contributed by atoms with Crippen molar-refractivity contribution in [1.29, 1.82) is 0 Å². The Morgan fingerprint density at radius 1 is 1.55 bits per heavy atom. The van der Waals surface area contributed by atoms with E-state index in [4.69, 9.17) is 4.42 Å². The van der Waals surface area contributed by atoms with Gasteiger partial charge in [0.25, 0.3) is 0 Å². The Hall–Kier alpha value is -2.22. The summed E-state index contributed by atoms with van der Waals surface area (Å²) in [5.41, 5.74) is 0. The fourth-order valence-corrected chi connectivity index (χ4v) is 2.38. The second-order valence-corrected chi connectivity index (χ2v) is 4.69. The van der Waals surface area contributed by atoms with E-state index in [1.807, 2.05) is 0 Å². The summed E-state index contributed by atoms with van der Waals surface area (Å²) in [5, 5.41) is 21.0. The van der Waals surface area contributed by atoms with E-state index in [9.17, 15) is 9.90 Å². The van der Waals surface area contributed by atoms with Crippen molar-refractivity contribution in [2.75, 3.05) is 13.2 Å². The van der Waals surface area contributed by atoms with Crippen LogP contribution in [0.5, 0.6) is 0 Å². The van der Waals surface area contributed by atoms with Crippen molar-refractivity contribution >= 4 is 5.91 Å². The van der Waals surface area contributed by atoms with Gasteiger partial charge in [-0.25, -0.2) is 0 Å². The van der Waals surface area contributed by atoms with E-state index in [-0.39, 0.29) is 25.1 Å². The van der Waals surface area contributed by atoms with Crippen LogP contribution in [0.25, 0.3) is 11.6 Å². The molecule has 1 saturated heterocycles. The predicted molar refractivity (Wildman–Crippen MR) is 67.3 cm³/mol. The Morgan fingerprint density at radius 3 is 3.20 bits per heavy atom. The lowest BCUT2D eigenvalue weighted by molar-refractivity contribution is -0.133. The van der Waals surface area contributed by atoms with Gasteiger partial charge in [-0.2, -0.15) is 4.80 Å². The molecule has 106 valence electrons. The van der Waals surface area contributed by atoms with E-state index >= 15 is 0 Å². The molecule has 2 aromatic heterocycles. The number of carbonyl (C=O) groups is 1. The van der Waals surface area contributed by atoms with Gasteiger partial charge in [-0.15, -0.1) is 10.2 Å². The Bertz CT molecular complexity index is 580. The summed E-state index contributed by atoms with van der Waals surface area (Å²) in [5.74, 6) is 0.756. The van der Waals surface area contributed by atoms with Crippen LogP contribution in [0.15, 0.2) is 22.8 Å². The Balaban J connectivity index is 1.67. The molecule has 0 aliphatic carbocycles. The number of nitrogens with zero attached hydrogens (tertiary/aromatic N) is 5. The van der Waals surface area contributed by atoms with Gasteiger partial charge in [-0.05, 0) is 30.2 Å². The summed E-state index contributed by atoms with van der Waals surface area (Å²) in [6.45, 7) is 0.683. The molecule has 1 atom stereocenters. The number of amides is 1. The maximum atomic E-state index is 12.1. The Morgan fingerprint density at radius 2 is 2.45 bits per heavy atom. The fraction of sp³-hybridized carbons (Fsp3) is 0.500. The van der Waals surface area contributed by atoms with Gasteiger partial charge < -0.3 is 14.4 Å². The molecule has 1 aliphatic rings. The van der Waals surface area contributed by atoms with Crippen LogP contribution in [0.2, 0.25) is 0 Å². The van der Waals surface area contributed by atoms with E-state index in [0.717, 1.165) is 12.8 Å². The van der Waals surface area contributed by atoms with Crippen LogP contribution in [0, 0.1) is 0 Å². The van der Waals surface area contributed by atoms with E-state index in [2.05, 4.69) is 15.4 Å². The number of aliphatic hydroxyl groups excluding tert-OH is 1. The molecule has 8 heteroatoms. The van der Waals surface area contributed by atoms with Crippen LogP contribution in [0.1, 0.15) is 12.8 Å². The molecule has 20 heavy (non-hydrogen) atoms. The minimum absolute atomic E-state index is 0.00578. The van der Waals surface area contributed by atoms with Gasteiger partial charge in [-0.1, -0.05) is 0 Å². The third-order valence-corrected chi connectivity index (χ3v) is 3.38. The third-order valence-electron chi connectivity index (χ3n) is 3.38. The molecule has 0 unspecified atom stereocenters. The highest BCUT2D eigenvalue weighted by Gasteiger charge is 2.28. The molecule has 8 nitrogen and oxygen atoms in total. The first-order valence-corrected chi connectivity index (χ1v) is 6.50. The quantitative estimate of drug-likeness (QED) is 0.839. The van der Waals surface area contributed by atoms with Crippen molar-refractivity contribution in [3.8, 4) is 11.6 Å². The highest BCUT2D eigenvalue weighted by Crippen LogP contribution is 2.17. The van der Waals surface area contributed by atoms with E-state index < -0.39 is 0 Å². The number of hydrogen-bond acceptors (Lipinski definition) is 6. The minimum Gasteiger partial charge on any atom is -0.461 e. The molecule has 0 aromatic carbocycles. The molecule has 3 rings (SSSR count). The summed E-state index contributed by atoms with van der Waals surface area (Å²) in [6.07, 6.45) is 3.28. The molecule has 1 aliphatic heterocycles. The van der Waals surface area contributed by atoms with Crippen LogP contribution < -0.4 is 0 Å². The van der Waals surface area contributed by atoms with Gasteiger partial charge in [-0.3, -0.25) is 4.79 Å². The van der Waals surface area contributed by atoms with Crippen molar-refractivity contribution in [1.82, 2.24) is 25.1 Å². The van der Waals surface area contributed by atoms with E-state index in [0.29, 0.717) is 18.1 Å². The average molecular weight is 277 g/mol. The van der Waals surface area contributed by atoms with Gasteiger partial charge in [0.2, 0.25) is 11.7 Å². The molecule has 2 aromatic rings. The average Bonchev–Trinajstić information content (AvgIpc) is 3.19. The van der Waals surface area contributed by atoms with Crippen molar-refractivity contribution in [2.45, 2.75) is 25.4 Å². The van der Waals surface area contributed by atoms with Crippen LogP contribution in [0.3, 0.4) is 0 Å². The maximum absolute atomic E-state index is 12.1. The number of tetrazole rings is 1. The second kappa shape index (κ2) is 5.41. The number of rotatable bonds is 4. The van der Waals surface area contributed by atoms with Crippen molar-refractivity contribution in [3.05, 3.63) is 18.4 Å². The van der Waals surface area contributed by atoms with Crippen molar-refractivity contribution in [3.63, 3.8) is 0 Å². The lowest BCUT2D eigenvalue weighted by Crippen LogP contribution is -2.39. The standard InChI is InChI=1S/C12H15N5O3/c18-8-9-3-1-5-16(9)11(19)7-17-14-12(13-15-17)10-4-2-6-20-10/h2,4,6,9,18H,1,3,5,7-8H2/t9-/m1/s1. The smallest absolute Gasteiger partial charge is 0.246 e. The highest BCUT2D eigenvalue weighted by atomic mass is 16.3. The van der Waals surface area contributed by atoms with Crippen LogP contribution >= 0.6 is 0 Å². The zero-order chi connectivity index (χ0) is 13.9. The number of carbonyl (C=O) groups excluding carboxylic acids is 1. The maximum Gasteiger partial charge on any atom is 0.246 e. The van der Waals surface area contributed by atoms with Crippen LogP contribution in [-0.2, 0) is 11.3 Å². The normalized spacial score (nSPS) is 18.6. The summed E-state index contributed by atoms with van der Waals surface area (Å²) in [7, 11) is 0. The van der Waals surface area contributed by atoms with E-state index in [1.165, 1.54) is 11.1 Å². The Kier molecular flexibility index (Phi) is 3.46. The van der Waals surface area contributed by atoms with Gasteiger partial charge in [0.1, 0.15) is 6.54 Å². The van der Waals surface area contributed by atoms with Gasteiger partial charge in [0.05, 0.1) is 18.9 Å². The summed E-state index contributed by atoms with van der Waals surface area (Å²) < 4.78 is 5.17. The topological polar surface area (TPSA) is 97.3 Å². The molecule has 0 saturated carbocycles. The zero-order valence-corrected chi connectivity index (χ0v) is 10.8. The highest BCUT2D eigenvalue weighted by molar-refractivity contribution is 5.76. The summed E-state index contributed by atoms with van der Waals surface area (Å²) in [4.78, 5) is 15.1. The molecular formula is C12H15N5O3. The molecule has 0 spiro atoms. The number of aliphatic hydroxyl groups is 1. The van der Waals surface area contributed by atoms with Crippen LogP contribution in [0.4, 0.5) is 0 Å². The van der Waals surface area contributed by atoms with Crippen LogP contribution in [-0.4, -0.2) is 55.3 Å². The third kappa shape index (κ3) is 2.42. The zero-order valence-electron chi connectivity index (χ0n) is 10.8. The molecule has 1 fully saturated rings. The molecule has 1 amide bonds. The number of furan rings is 1. The SMILES string of the molecule is O=C(Cn1nnc(-c2ccco2)n1)N1CCC[C@@H]1CO. The van der Waals surface area contributed by atoms with E-state index in [1.54, 1.807) is 17.0 Å². The predicted octanol–water partition coefficient (Wildman–Crippen LogP) is -0.0836. The van der Waals surface area contributed by atoms with Gasteiger partial charge in [0, 0.05) is 6.54 Å². The van der Waals surface area contributed by atoms with Gasteiger partial charge >= 0.3 is 0 Å². The first-order chi connectivity index (χ1) is 9.78.